The number of nitrogens with two attached hydrogens (primary N) is 1. The molecular weight excluding hydrogens is 202 g/mol. The van der Waals surface area contributed by atoms with Crippen molar-refractivity contribution < 1.29 is 9.47 Å². The van der Waals surface area contributed by atoms with Gasteiger partial charge in [-0.05, 0) is 24.5 Å². The van der Waals surface area contributed by atoms with Gasteiger partial charge in [0.1, 0.15) is 11.5 Å². The maximum atomic E-state index is 6.23. The molecule has 3 nitrogen and oxygen atoms in total. The molecule has 1 aliphatic carbocycles. The molecule has 1 aliphatic rings. The third-order valence-electron chi connectivity index (χ3n) is 3.12. The average Bonchev–Trinajstić information content (AvgIpc) is 3.11. The quantitative estimate of drug-likeness (QED) is 0.830. The maximum Gasteiger partial charge on any atom is 0.127 e. The largest absolute Gasteiger partial charge is 0.496 e. The second-order valence-corrected chi connectivity index (χ2v) is 4.36. The second kappa shape index (κ2) is 4.74. The summed E-state index contributed by atoms with van der Waals surface area (Å²) in [6.45, 7) is 0. The van der Waals surface area contributed by atoms with Gasteiger partial charge in [-0.1, -0.05) is 18.9 Å². The molecule has 0 spiro atoms. The number of methoxy groups -OCH3 is 2. The highest BCUT2D eigenvalue weighted by Gasteiger charge is 2.27. The van der Waals surface area contributed by atoms with Crippen LogP contribution < -0.4 is 15.2 Å². The lowest BCUT2D eigenvalue weighted by molar-refractivity contribution is 0.375. The summed E-state index contributed by atoms with van der Waals surface area (Å²) in [6.07, 6.45) is 3.65. The molecule has 0 saturated heterocycles. The molecule has 16 heavy (non-hydrogen) atoms. The van der Waals surface area contributed by atoms with E-state index in [9.17, 15) is 0 Å². The molecule has 0 unspecified atom stereocenters. The highest BCUT2D eigenvalue weighted by atomic mass is 16.5. The fourth-order valence-electron chi connectivity index (χ4n) is 2.08. The molecule has 0 aliphatic heterocycles. The van der Waals surface area contributed by atoms with Crippen molar-refractivity contribution in [3.63, 3.8) is 0 Å². The van der Waals surface area contributed by atoms with Crippen LogP contribution in [0.15, 0.2) is 18.2 Å². The normalized spacial score (nSPS) is 16.9. The standard InChI is InChI=1S/C13H19NO2/c1-15-11-4-3-5-12(16-2)13(11)10(14)8-9-6-7-9/h3-5,9-10H,6-8,14H2,1-2H3/t10-/m0/s1. The van der Waals surface area contributed by atoms with Gasteiger partial charge in [0.15, 0.2) is 0 Å². The van der Waals surface area contributed by atoms with Gasteiger partial charge < -0.3 is 15.2 Å². The van der Waals surface area contributed by atoms with Crippen LogP contribution in [0.2, 0.25) is 0 Å². The van der Waals surface area contributed by atoms with Gasteiger partial charge in [-0.15, -0.1) is 0 Å². The predicted octanol–water partition coefficient (Wildman–Crippen LogP) is 2.50. The van der Waals surface area contributed by atoms with Crippen molar-refractivity contribution in [2.45, 2.75) is 25.3 Å². The Hall–Kier alpha value is -1.22. The summed E-state index contributed by atoms with van der Waals surface area (Å²) >= 11 is 0. The molecule has 0 heterocycles. The van der Waals surface area contributed by atoms with Crippen LogP contribution in [-0.4, -0.2) is 14.2 Å². The Balaban J connectivity index is 2.26. The minimum atomic E-state index is 0.0126. The Labute approximate surface area is 96.5 Å². The van der Waals surface area contributed by atoms with Crippen LogP contribution in [0.4, 0.5) is 0 Å². The van der Waals surface area contributed by atoms with Gasteiger partial charge in [0.25, 0.3) is 0 Å². The molecule has 3 heteroatoms. The van der Waals surface area contributed by atoms with Crippen molar-refractivity contribution in [1.82, 2.24) is 0 Å². The van der Waals surface area contributed by atoms with Gasteiger partial charge in [-0.2, -0.15) is 0 Å². The first-order valence-corrected chi connectivity index (χ1v) is 5.72. The van der Waals surface area contributed by atoms with Crippen molar-refractivity contribution in [2.24, 2.45) is 11.7 Å². The van der Waals surface area contributed by atoms with Crippen LogP contribution in [0.25, 0.3) is 0 Å². The molecule has 0 bridgehead atoms. The van der Waals surface area contributed by atoms with Crippen molar-refractivity contribution in [3.05, 3.63) is 23.8 Å². The summed E-state index contributed by atoms with van der Waals surface area (Å²) in [6, 6.07) is 5.80. The van der Waals surface area contributed by atoms with E-state index in [4.69, 9.17) is 15.2 Å². The number of ether oxygens (including phenoxy) is 2. The highest BCUT2D eigenvalue weighted by Crippen LogP contribution is 2.41. The molecule has 1 aromatic carbocycles. The summed E-state index contributed by atoms with van der Waals surface area (Å²) in [4.78, 5) is 0. The van der Waals surface area contributed by atoms with Gasteiger partial charge in [-0.25, -0.2) is 0 Å². The summed E-state index contributed by atoms with van der Waals surface area (Å²) in [7, 11) is 3.34. The molecule has 1 fully saturated rings. The molecule has 1 aromatic rings. The molecule has 2 N–H and O–H groups in total. The van der Waals surface area contributed by atoms with Crippen LogP contribution in [0.5, 0.6) is 11.5 Å². The molecule has 1 atom stereocenters. The second-order valence-electron chi connectivity index (χ2n) is 4.36. The molecule has 88 valence electrons. The predicted molar refractivity (Wildman–Crippen MR) is 63.8 cm³/mol. The molecule has 0 radical (unpaired) electrons. The van der Waals surface area contributed by atoms with Crippen LogP contribution in [0.3, 0.4) is 0 Å². The van der Waals surface area contributed by atoms with Gasteiger partial charge in [0, 0.05) is 6.04 Å². The number of benzene rings is 1. The molecule has 0 amide bonds. The van der Waals surface area contributed by atoms with E-state index in [1.807, 2.05) is 18.2 Å². The third kappa shape index (κ3) is 2.30. The van der Waals surface area contributed by atoms with E-state index in [-0.39, 0.29) is 6.04 Å². The van der Waals surface area contributed by atoms with E-state index in [2.05, 4.69) is 0 Å². The Morgan fingerprint density at radius 1 is 1.25 bits per heavy atom. The average molecular weight is 221 g/mol. The van der Waals surface area contributed by atoms with E-state index in [1.54, 1.807) is 14.2 Å². The highest BCUT2D eigenvalue weighted by molar-refractivity contribution is 5.46. The summed E-state index contributed by atoms with van der Waals surface area (Å²) < 4.78 is 10.7. The molecule has 1 saturated carbocycles. The maximum absolute atomic E-state index is 6.23. The van der Waals surface area contributed by atoms with Gasteiger partial charge in [-0.3, -0.25) is 0 Å². The summed E-state index contributed by atoms with van der Waals surface area (Å²) in [5.74, 6) is 2.45. The first kappa shape index (κ1) is 11.3. The molecule has 0 aromatic heterocycles. The fourth-order valence-corrected chi connectivity index (χ4v) is 2.08. The smallest absolute Gasteiger partial charge is 0.127 e. The van der Waals surface area contributed by atoms with Gasteiger partial charge in [0.05, 0.1) is 19.8 Å². The van der Waals surface area contributed by atoms with E-state index < -0.39 is 0 Å². The fraction of sp³-hybridized carbons (Fsp3) is 0.538. The SMILES string of the molecule is COc1cccc(OC)c1[C@@H](N)CC1CC1. The number of hydrogen-bond donors (Lipinski definition) is 1. The Kier molecular flexibility index (Phi) is 3.34. The third-order valence-corrected chi connectivity index (χ3v) is 3.12. The van der Waals surface area contributed by atoms with E-state index >= 15 is 0 Å². The van der Waals surface area contributed by atoms with Crippen LogP contribution >= 0.6 is 0 Å². The minimum Gasteiger partial charge on any atom is -0.496 e. The lowest BCUT2D eigenvalue weighted by Gasteiger charge is -2.18. The van der Waals surface area contributed by atoms with Crippen molar-refractivity contribution in [2.75, 3.05) is 14.2 Å². The lowest BCUT2D eigenvalue weighted by Crippen LogP contribution is -2.13. The molecular formula is C13H19NO2. The lowest BCUT2D eigenvalue weighted by atomic mass is 10.00. The Morgan fingerprint density at radius 3 is 2.25 bits per heavy atom. The number of rotatable bonds is 5. The van der Waals surface area contributed by atoms with E-state index in [0.717, 1.165) is 29.4 Å². The first-order chi connectivity index (χ1) is 7.76. The van der Waals surface area contributed by atoms with E-state index in [0.29, 0.717) is 0 Å². The topological polar surface area (TPSA) is 44.5 Å². The Morgan fingerprint density at radius 2 is 1.81 bits per heavy atom. The monoisotopic (exact) mass is 221 g/mol. The summed E-state index contributed by atoms with van der Waals surface area (Å²) in [5, 5.41) is 0. The van der Waals surface area contributed by atoms with Gasteiger partial charge in [0.2, 0.25) is 0 Å². The van der Waals surface area contributed by atoms with Crippen LogP contribution in [-0.2, 0) is 0 Å². The first-order valence-electron chi connectivity index (χ1n) is 5.72. The van der Waals surface area contributed by atoms with Crippen LogP contribution in [0.1, 0.15) is 30.9 Å². The minimum absolute atomic E-state index is 0.0126. The zero-order valence-electron chi connectivity index (χ0n) is 9.90. The van der Waals surface area contributed by atoms with Crippen molar-refractivity contribution in [3.8, 4) is 11.5 Å². The van der Waals surface area contributed by atoms with Crippen LogP contribution in [0, 0.1) is 5.92 Å². The van der Waals surface area contributed by atoms with Crippen molar-refractivity contribution >= 4 is 0 Å². The number of hydrogen-bond acceptors (Lipinski definition) is 3. The van der Waals surface area contributed by atoms with Crippen molar-refractivity contribution in [1.29, 1.82) is 0 Å². The zero-order valence-corrected chi connectivity index (χ0v) is 9.90. The van der Waals surface area contributed by atoms with Gasteiger partial charge >= 0.3 is 0 Å². The summed E-state index contributed by atoms with van der Waals surface area (Å²) in [5.41, 5.74) is 7.23. The van der Waals surface area contributed by atoms with E-state index in [1.165, 1.54) is 12.8 Å². The zero-order chi connectivity index (χ0) is 11.5. The molecule has 2 rings (SSSR count). The Bertz CT molecular complexity index is 339.